The number of aromatic nitrogens is 1. The zero-order valence-corrected chi connectivity index (χ0v) is 12.5. The Kier molecular flexibility index (Phi) is 4.11. The van der Waals surface area contributed by atoms with Crippen molar-refractivity contribution in [3.05, 3.63) is 35.7 Å². The summed E-state index contributed by atoms with van der Waals surface area (Å²) < 4.78 is 0. The van der Waals surface area contributed by atoms with Crippen molar-refractivity contribution in [3.63, 3.8) is 0 Å². The minimum atomic E-state index is 0.764. The maximum absolute atomic E-state index is 4.58. The molecule has 1 aliphatic carbocycles. The lowest BCUT2D eigenvalue weighted by molar-refractivity contribution is 0.500. The van der Waals surface area contributed by atoms with Crippen LogP contribution in [0.1, 0.15) is 32.6 Å². The van der Waals surface area contributed by atoms with E-state index in [2.05, 4.69) is 39.9 Å². The monoisotopic (exact) mass is 285 g/mol. The average Bonchev–Trinajstić information content (AvgIpc) is 2.95. The van der Waals surface area contributed by atoms with Crippen molar-refractivity contribution in [3.8, 4) is 11.3 Å². The first kappa shape index (κ1) is 13.3. The van der Waals surface area contributed by atoms with Crippen molar-refractivity contribution in [2.75, 3.05) is 5.43 Å². The maximum atomic E-state index is 4.58. The maximum Gasteiger partial charge on any atom is 0.203 e. The molecular formula is C16H19N3S. The summed E-state index contributed by atoms with van der Waals surface area (Å²) in [4.78, 5) is 4.58. The van der Waals surface area contributed by atoms with Gasteiger partial charge in [0, 0.05) is 16.7 Å². The summed E-state index contributed by atoms with van der Waals surface area (Å²) in [5.74, 6) is 0.764. The SMILES string of the molecule is C[C@@H]1CCC/C(=N\Nc2nc(-c3ccccc3)cs2)C1. The van der Waals surface area contributed by atoms with E-state index in [1.165, 1.54) is 18.6 Å². The summed E-state index contributed by atoms with van der Waals surface area (Å²) in [5.41, 5.74) is 6.56. The minimum Gasteiger partial charge on any atom is -0.253 e. The Morgan fingerprint density at radius 3 is 2.95 bits per heavy atom. The number of nitrogens with one attached hydrogen (secondary N) is 1. The predicted octanol–water partition coefficient (Wildman–Crippen LogP) is 4.79. The third kappa shape index (κ3) is 3.25. The van der Waals surface area contributed by atoms with Crippen molar-refractivity contribution in [1.82, 2.24) is 4.98 Å². The Hall–Kier alpha value is -1.68. The van der Waals surface area contributed by atoms with Gasteiger partial charge < -0.3 is 0 Å². The average molecular weight is 285 g/mol. The molecule has 1 aromatic carbocycles. The summed E-state index contributed by atoms with van der Waals surface area (Å²) in [6.45, 7) is 2.30. The number of hydrogen-bond acceptors (Lipinski definition) is 4. The van der Waals surface area contributed by atoms with Gasteiger partial charge >= 0.3 is 0 Å². The number of nitrogens with zero attached hydrogens (tertiary/aromatic N) is 2. The van der Waals surface area contributed by atoms with Crippen LogP contribution in [0.15, 0.2) is 40.8 Å². The number of anilines is 1. The highest BCUT2D eigenvalue weighted by molar-refractivity contribution is 7.14. The van der Waals surface area contributed by atoms with Gasteiger partial charge in [0.25, 0.3) is 0 Å². The molecule has 3 rings (SSSR count). The molecule has 1 heterocycles. The third-order valence-corrected chi connectivity index (χ3v) is 4.38. The summed E-state index contributed by atoms with van der Waals surface area (Å²) >= 11 is 1.60. The molecule has 0 unspecified atom stereocenters. The Bertz CT molecular complexity index is 589. The molecule has 0 saturated heterocycles. The van der Waals surface area contributed by atoms with Crippen LogP contribution in [-0.4, -0.2) is 10.7 Å². The van der Waals surface area contributed by atoms with Crippen LogP contribution >= 0.6 is 11.3 Å². The lowest BCUT2D eigenvalue weighted by Crippen LogP contribution is -2.13. The fourth-order valence-electron chi connectivity index (χ4n) is 2.56. The fraction of sp³-hybridized carbons (Fsp3) is 0.375. The quantitative estimate of drug-likeness (QED) is 0.823. The van der Waals surface area contributed by atoms with E-state index < -0.39 is 0 Å². The van der Waals surface area contributed by atoms with Crippen molar-refractivity contribution in [1.29, 1.82) is 0 Å². The largest absolute Gasteiger partial charge is 0.253 e. The molecule has 104 valence electrons. The van der Waals surface area contributed by atoms with Gasteiger partial charge in [-0.05, 0) is 31.6 Å². The van der Waals surface area contributed by atoms with Crippen molar-refractivity contribution in [2.24, 2.45) is 11.0 Å². The van der Waals surface area contributed by atoms with Gasteiger partial charge in [0.15, 0.2) is 0 Å². The van der Waals surface area contributed by atoms with Crippen molar-refractivity contribution >= 4 is 22.2 Å². The zero-order valence-electron chi connectivity index (χ0n) is 11.7. The number of hydrazone groups is 1. The molecule has 20 heavy (non-hydrogen) atoms. The second-order valence-electron chi connectivity index (χ2n) is 5.40. The highest BCUT2D eigenvalue weighted by atomic mass is 32.1. The zero-order chi connectivity index (χ0) is 13.8. The molecule has 1 saturated carbocycles. The summed E-state index contributed by atoms with van der Waals surface area (Å²) in [6.07, 6.45) is 4.82. The van der Waals surface area contributed by atoms with E-state index in [-0.39, 0.29) is 0 Å². The highest BCUT2D eigenvalue weighted by Crippen LogP contribution is 2.25. The predicted molar refractivity (Wildman–Crippen MR) is 86.2 cm³/mol. The molecule has 3 nitrogen and oxygen atoms in total. The Labute approximate surface area is 123 Å². The van der Waals surface area contributed by atoms with E-state index in [1.54, 1.807) is 11.3 Å². The van der Waals surface area contributed by atoms with E-state index in [1.807, 2.05) is 18.2 Å². The molecule has 0 spiro atoms. The lowest BCUT2D eigenvalue weighted by atomic mass is 9.89. The van der Waals surface area contributed by atoms with E-state index >= 15 is 0 Å². The van der Waals surface area contributed by atoms with Crippen LogP contribution in [0.3, 0.4) is 0 Å². The van der Waals surface area contributed by atoms with Gasteiger partial charge in [-0.2, -0.15) is 5.10 Å². The molecule has 0 radical (unpaired) electrons. The molecule has 0 bridgehead atoms. The molecule has 0 amide bonds. The van der Waals surface area contributed by atoms with Gasteiger partial charge in [-0.15, -0.1) is 11.3 Å². The van der Waals surface area contributed by atoms with Crippen LogP contribution in [-0.2, 0) is 0 Å². The second kappa shape index (κ2) is 6.18. The van der Waals surface area contributed by atoms with Crippen LogP contribution < -0.4 is 5.43 Å². The van der Waals surface area contributed by atoms with Crippen LogP contribution in [0.25, 0.3) is 11.3 Å². The van der Waals surface area contributed by atoms with Gasteiger partial charge in [-0.25, -0.2) is 4.98 Å². The highest BCUT2D eigenvalue weighted by Gasteiger charge is 2.14. The molecule has 4 heteroatoms. The fourth-order valence-corrected chi connectivity index (χ4v) is 3.22. The summed E-state index contributed by atoms with van der Waals surface area (Å²) in [5, 5.41) is 7.47. The van der Waals surface area contributed by atoms with Gasteiger partial charge in [0.1, 0.15) is 0 Å². The molecule has 1 fully saturated rings. The van der Waals surface area contributed by atoms with Crippen molar-refractivity contribution in [2.45, 2.75) is 32.6 Å². The third-order valence-electron chi connectivity index (χ3n) is 3.63. The van der Waals surface area contributed by atoms with Gasteiger partial charge in [-0.3, -0.25) is 5.43 Å². The topological polar surface area (TPSA) is 37.3 Å². The number of rotatable bonds is 3. The van der Waals surface area contributed by atoms with Crippen molar-refractivity contribution < 1.29 is 0 Å². The number of thiazole rings is 1. The van der Waals surface area contributed by atoms with Crippen LogP contribution in [0, 0.1) is 5.92 Å². The molecule has 2 aromatic rings. The minimum absolute atomic E-state index is 0.764. The molecule has 1 aromatic heterocycles. The van der Waals surface area contributed by atoms with E-state index in [0.717, 1.165) is 35.1 Å². The van der Waals surface area contributed by atoms with Gasteiger partial charge in [-0.1, -0.05) is 37.3 Å². The first-order chi connectivity index (χ1) is 9.81. The van der Waals surface area contributed by atoms with Gasteiger partial charge in [0.2, 0.25) is 5.13 Å². The second-order valence-corrected chi connectivity index (χ2v) is 6.25. The molecule has 1 atom stereocenters. The molecular weight excluding hydrogens is 266 g/mol. The van der Waals surface area contributed by atoms with E-state index in [4.69, 9.17) is 0 Å². The van der Waals surface area contributed by atoms with Crippen LogP contribution in [0.5, 0.6) is 0 Å². The van der Waals surface area contributed by atoms with Crippen LogP contribution in [0.2, 0.25) is 0 Å². The van der Waals surface area contributed by atoms with Gasteiger partial charge in [0.05, 0.1) is 5.69 Å². The van der Waals surface area contributed by atoms with E-state index in [9.17, 15) is 0 Å². The van der Waals surface area contributed by atoms with E-state index in [0.29, 0.717) is 0 Å². The first-order valence-corrected chi connectivity index (χ1v) is 8.01. The Balaban J connectivity index is 1.67. The normalized spacial score (nSPS) is 21.1. The smallest absolute Gasteiger partial charge is 0.203 e. The molecule has 1 aliphatic rings. The Morgan fingerprint density at radius 2 is 2.15 bits per heavy atom. The summed E-state index contributed by atoms with van der Waals surface area (Å²) in [6, 6.07) is 10.2. The lowest BCUT2D eigenvalue weighted by Gasteiger charge is -2.18. The number of hydrogen-bond donors (Lipinski definition) is 1. The Morgan fingerprint density at radius 1 is 1.30 bits per heavy atom. The molecule has 1 N–H and O–H groups in total. The summed E-state index contributed by atoms with van der Waals surface area (Å²) in [7, 11) is 0. The standard InChI is InChI=1S/C16H19N3S/c1-12-6-5-9-14(10-12)18-19-16-17-15(11-20-16)13-7-3-2-4-8-13/h2-4,7-8,11-12H,5-6,9-10H2,1H3,(H,17,19)/b18-14+/t12-/m1/s1. The van der Waals surface area contributed by atoms with Crippen LogP contribution in [0.4, 0.5) is 5.13 Å². The molecule has 0 aliphatic heterocycles. The first-order valence-electron chi connectivity index (χ1n) is 7.13. The number of benzene rings is 1.